The van der Waals surface area contributed by atoms with Crippen molar-refractivity contribution in [2.75, 3.05) is 0 Å². The summed E-state index contributed by atoms with van der Waals surface area (Å²) in [6, 6.07) is 13.4. The Kier molecular flexibility index (Phi) is 5.17. The molecule has 5 aromatic heterocycles. The van der Waals surface area contributed by atoms with Gasteiger partial charge in [-0.1, -0.05) is 12.1 Å². The van der Waals surface area contributed by atoms with Gasteiger partial charge in [0.25, 0.3) is 5.91 Å². The molecule has 0 aliphatic carbocycles. The zero-order valence-corrected chi connectivity index (χ0v) is 17.5. The van der Waals surface area contributed by atoms with Gasteiger partial charge in [-0.15, -0.1) is 0 Å². The molecular weight excluding hydrogens is 402 g/mol. The van der Waals surface area contributed by atoms with E-state index in [1.54, 1.807) is 18.6 Å². The Morgan fingerprint density at radius 2 is 1.84 bits per heavy atom. The highest BCUT2D eigenvalue weighted by molar-refractivity contribution is 5.99. The van der Waals surface area contributed by atoms with Crippen LogP contribution in [0.4, 0.5) is 0 Å². The van der Waals surface area contributed by atoms with E-state index in [0.717, 1.165) is 22.5 Å². The molecule has 8 heteroatoms. The van der Waals surface area contributed by atoms with E-state index in [1.165, 1.54) is 0 Å². The van der Waals surface area contributed by atoms with Gasteiger partial charge in [-0.3, -0.25) is 19.2 Å². The summed E-state index contributed by atoms with van der Waals surface area (Å²) in [4.78, 5) is 30.5. The number of hydrogen-bond acceptors (Lipinski definition) is 5. The first-order valence-electron chi connectivity index (χ1n) is 10.3. The third-order valence-electron chi connectivity index (χ3n) is 5.25. The number of aryl methyl sites for hydroxylation is 1. The van der Waals surface area contributed by atoms with Crippen molar-refractivity contribution in [3.8, 4) is 11.5 Å². The third kappa shape index (κ3) is 3.85. The normalized spacial score (nSPS) is 11.0. The Morgan fingerprint density at radius 1 is 0.969 bits per heavy atom. The van der Waals surface area contributed by atoms with Crippen LogP contribution < -0.4 is 5.32 Å². The van der Waals surface area contributed by atoms with Crippen LogP contribution in [0.2, 0.25) is 0 Å². The molecule has 0 bridgehead atoms. The van der Waals surface area contributed by atoms with Gasteiger partial charge in [0.2, 0.25) is 0 Å². The van der Waals surface area contributed by atoms with E-state index in [1.807, 2.05) is 72.4 Å². The minimum Gasteiger partial charge on any atom is -0.347 e. The molecule has 5 aromatic rings. The molecule has 0 aromatic carbocycles. The fourth-order valence-corrected chi connectivity index (χ4v) is 3.62. The largest absolute Gasteiger partial charge is 0.347 e. The van der Waals surface area contributed by atoms with Crippen LogP contribution in [0.3, 0.4) is 0 Å². The van der Waals surface area contributed by atoms with Gasteiger partial charge >= 0.3 is 0 Å². The summed E-state index contributed by atoms with van der Waals surface area (Å²) in [6.07, 6.45) is 10.9. The first-order valence-corrected chi connectivity index (χ1v) is 10.3. The molecule has 0 aliphatic rings. The number of pyridine rings is 3. The zero-order chi connectivity index (χ0) is 21.9. The van der Waals surface area contributed by atoms with Crippen molar-refractivity contribution in [2.45, 2.75) is 20.0 Å². The van der Waals surface area contributed by atoms with Crippen molar-refractivity contribution in [2.24, 2.45) is 0 Å². The molecule has 0 spiro atoms. The highest BCUT2D eigenvalue weighted by atomic mass is 16.1. The summed E-state index contributed by atoms with van der Waals surface area (Å²) >= 11 is 0. The maximum atomic E-state index is 13.0. The topological polar surface area (TPSA) is 90.0 Å². The van der Waals surface area contributed by atoms with E-state index in [9.17, 15) is 4.79 Å². The van der Waals surface area contributed by atoms with E-state index < -0.39 is 0 Å². The van der Waals surface area contributed by atoms with Gasteiger partial charge in [-0.05, 0) is 48.4 Å². The van der Waals surface area contributed by atoms with Crippen LogP contribution in [-0.4, -0.2) is 34.8 Å². The van der Waals surface area contributed by atoms with Gasteiger partial charge < -0.3 is 9.88 Å². The summed E-state index contributed by atoms with van der Waals surface area (Å²) in [5, 5.41) is 2.95. The van der Waals surface area contributed by atoms with E-state index in [-0.39, 0.29) is 5.91 Å². The summed E-state index contributed by atoms with van der Waals surface area (Å²) in [5.41, 5.74) is 3.87. The van der Waals surface area contributed by atoms with Gasteiger partial charge in [0.1, 0.15) is 11.5 Å². The monoisotopic (exact) mass is 423 g/mol. The average molecular weight is 423 g/mol. The third-order valence-corrected chi connectivity index (χ3v) is 5.25. The van der Waals surface area contributed by atoms with Gasteiger partial charge in [0.15, 0.2) is 11.5 Å². The number of aromatic nitrogens is 6. The predicted octanol–water partition coefficient (Wildman–Crippen LogP) is 3.27. The summed E-state index contributed by atoms with van der Waals surface area (Å²) in [6.45, 7) is 3.02. The maximum absolute atomic E-state index is 13.0. The summed E-state index contributed by atoms with van der Waals surface area (Å²) in [5.74, 6) is 1.26. The maximum Gasteiger partial charge on any atom is 0.272 e. The number of nitrogens with zero attached hydrogens (tertiary/aromatic N) is 6. The summed E-state index contributed by atoms with van der Waals surface area (Å²) in [7, 11) is 0. The van der Waals surface area contributed by atoms with Crippen LogP contribution in [0.15, 0.2) is 79.6 Å². The molecule has 5 rings (SSSR count). The standard InChI is InChI=1S/C24H21N7O/c1-17-28-20(16-30(17)15-19-5-4-9-26-13-19)23-29-22(21-6-2-3-12-31(21)23)24(32)27-14-18-7-10-25-11-8-18/h2-13,16H,14-15H2,1H3,(H,27,32). The predicted molar refractivity (Wildman–Crippen MR) is 120 cm³/mol. The Hall–Kier alpha value is -4.33. The number of fused-ring (bicyclic) bond motifs is 1. The second-order valence-corrected chi connectivity index (χ2v) is 7.44. The number of nitrogens with one attached hydrogen (secondary N) is 1. The van der Waals surface area contributed by atoms with Gasteiger partial charge in [-0.2, -0.15) is 0 Å². The average Bonchev–Trinajstić information content (AvgIpc) is 3.39. The molecule has 0 saturated heterocycles. The second-order valence-electron chi connectivity index (χ2n) is 7.44. The second kappa shape index (κ2) is 8.43. The Balaban J connectivity index is 1.46. The molecule has 0 radical (unpaired) electrons. The molecule has 32 heavy (non-hydrogen) atoms. The lowest BCUT2D eigenvalue weighted by molar-refractivity contribution is 0.0948. The SMILES string of the molecule is Cc1nc(-c2nc(C(=O)NCc3ccncc3)c3ccccn23)cn1Cc1cccnc1. The van der Waals surface area contributed by atoms with Crippen LogP contribution in [0.1, 0.15) is 27.4 Å². The Bertz CT molecular complexity index is 1370. The Labute approximate surface area is 184 Å². The molecule has 0 saturated carbocycles. The van der Waals surface area contributed by atoms with Crippen LogP contribution >= 0.6 is 0 Å². The fourth-order valence-electron chi connectivity index (χ4n) is 3.62. The number of carbonyl (C=O) groups excluding carboxylic acids is 1. The van der Waals surface area contributed by atoms with Crippen molar-refractivity contribution in [1.82, 2.24) is 34.2 Å². The van der Waals surface area contributed by atoms with E-state index >= 15 is 0 Å². The van der Waals surface area contributed by atoms with Crippen molar-refractivity contribution in [3.63, 3.8) is 0 Å². The van der Waals surface area contributed by atoms with Crippen molar-refractivity contribution < 1.29 is 4.79 Å². The first-order chi connectivity index (χ1) is 15.7. The lowest BCUT2D eigenvalue weighted by Gasteiger charge is -2.03. The van der Waals surface area contributed by atoms with Gasteiger partial charge in [0, 0.05) is 43.7 Å². The smallest absolute Gasteiger partial charge is 0.272 e. The summed E-state index contributed by atoms with van der Waals surface area (Å²) < 4.78 is 3.96. The van der Waals surface area contributed by atoms with Crippen LogP contribution in [0.5, 0.6) is 0 Å². The molecule has 1 N–H and O–H groups in total. The first kappa shape index (κ1) is 19.6. The van der Waals surface area contributed by atoms with Crippen molar-refractivity contribution in [3.05, 3.63) is 102 Å². The van der Waals surface area contributed by atoms with Gasteiger partial charge in [-0.25, -0.2) is 9.97 Å². The number of imidazole rings is 2. The van der Waals surface area contributed by atoms with E-state index in [0.29, 0.717) is 30.3 Å². The highest BCUT2D eigenvalue weighted by Crippen LogP contribution is 2.23. The lowest BCUT2D eigenvalue weighted by atomic mass is 10.2. The molecular formula is C24H21N7O. The van der Waals surface area contributed by atoms with Gasteiger partial charge in [0.05, 0.1) is 12.1 Å². The highest BCUT2D eigenvalue weighted by Gasteiger charge is 2.20. The molecule has 8 nitrogen and oxygen atoms in total. The number of rotatable bonds is 6. The lowest BCUT2D eigenvalue weighted by Crippen LogP contribution is -2.23. The van der Waals surface area contributed by atoms with Crippen molar-refractivity contribution in [1.29, 1.82) is 0 Å². The number of hydrogen-bond donors (Lipinski definition) is 1. The zero-order valence-electron chi connectivity index (χ0n) is 17.5. The molecule has 0 atom stereocenters. The van der Waals surface area contributed by atoms with Crippen molar-refractivity contribution >= 4 is 11.4 Å². The minimum atomic E-state index is -0.233. The molecule has 1 amide bonds. The molecule has 5 heterocycles. The van der Waals surface area contributed by atoms with Crippen LogP contribution in [-0.2, 0) is 13.1 Å². The van der Waals surface area contributed by atoms with E-state index in [4.69, 9.17) is 4.98 Å². The van der Waals surface area contributed by atoms with E-state index in [2.05, 4.69) is 24.8 Å². The number of amides is 1. The van der Waals surface area contributed by atoms with Crippen LogP contribution in [0.25, 0.3) is 17.0 Å². The molecule has 0 fully saturated rings. The Morgan fingerprint density at radius 3 is 2.66 bits per heavy atom. The molecule has 0 unspecified atom stereocenters. The number of carbonyl (C=O) groups is 1. The molecule has 0 aliphatic heterocycles. The molecule has 158 valence electrons. The minimum absolute atomic E-state index is 0.233. The quantitative estimate of drug-likeness (QED) is 0.453. The fraction of sp³-hybridized carbons (Fsp3) is 0.125. The van der Waals surface area contributed by atoms with Crippen LogP contribution in [0, 0.1) is 6.92 Å².